The molecule has 14 heavy (non-hydrogen) atoms. The number of ether oxygens (including phenoxy) is 1. The summed E-state index contributed by atoms with van der Waals surface area (Å²) in [6.45, 7) is 1.96. The van der Waals surface area contributed by atoms with Gasteiger partial charge in [-0.3, -0.25) is 4.79 Å². The molecular weight excluding hydrogens is 180 g/mol. The number of amides is 1. The second-order valence-corrected chi connectivity index (χ2v) is 3.73. The zero-order valence-corrected chi connectivity index (χ0v) is 8.87. The third-order valence-electron chi connectivity index (χ3n) is 2.66. The third kappa shape index (κ3) is 2.96. The maximum Gasteiger partial charge on any atom is 0.224 e. The molecule has 2 N–H and O–H groups in total. The van der Waals surface area contributed by atoms with Gasteiger partial charge in [-0.05, 0) is 19.3 Å². The minimum absolute atomic E-state index is 0.175. The van der Waals surface area contributed by atoms with Crippen molar-refractivity contribution in [3.8, 4) is 0 Å². The summed E-state index contributed by atoms with van der Waals surface area (Å²) in [5.74, 6) is 0.175. The van der Waals surface area contributed by atoms with Gasteiger partial charge in [0.05, 0.1) is 12.6 Å². The van der Waals surface area contributed by atoms with Crippen LogP contribution in [0.3, 0.4) is 0 Å². The molecule has 0 radical (unpaired) electrons. The van der Waals surface area contributed by atoms with Gasteiger partial charge in [0.1, 0.15) is 0 Å². The molecule has 1 atom stereocenters. The lowest BCUT2D eigenvalue weighted by Crippen LogP contribution is -2.46. The minimum atomic E-state index is 0.175. The normalized spacial score (nSPS) is 22.4. The summed E-state index contributed by atoms with van der Waals surface area (Å²) in [4.78, 5) is 13.6. The average Bonchev–Trinajstić information content (AvgIpc) is 2.19. The number of piperidine rings is 1. The Bertz CT molecular complexity index is 183. The number of likely N-dealkylation sites (tertiary alicyclic amines) is 1. The van der Waals surface area contributed by atoms with Crippen LogP contribution in [0.4, 0.5) is 0 Å². The van der Waals surface area contributed by atoms with Crippen molar-refractivity contribution < 1.29 is 9.53 Å². The largest absolute Gasteiger partial charge is 0.383 e. The monoisotopic (exact) mass is 200 g/mol. The Morgan fingerprint density at radius 2 is 2.36 bits per heavy atom. The van der Waals surface area contributed by atoms with Gasteiger partial charge in [-0.25, -0.2) is 0 Å². The Morgan fingerprint density at radius 1 is 1.57 bits per heavy atom. The van der Waals surface area contributed by atoms with E-state index in [1.807, 2.05) is 4.90 Å². The number of hydrogen-bond acceptors (Lipinski definition) is 3. The van der Waals surface area contributed by atoms with Crippen LogP contribution in [0.15, 0.2) is 0 Å². The standard InChI is InChI=1S/C10H20N2O2/c1-14-8-9-4-2-3-7-12(9)10(13)5-6-11/h9H,2-8,11H2,1H3/t9-/m1/s1. The molecule has 4 nitrogen and oxygen atoms in total. The summed E-state index contributed by atoms with van der Waals surface area (Å²) < 4.78 is 5.11. The first-order valence-corrected chi connectivity index (χ1v) is 5.28. The molecule has 0 aromatic heterocycles. The number of carbonyl (C=O) groups is 1. The molecule has 1 aliphatic rings. The van der Waals surface area contributed by atoms with Crippen LogP contribution in [0, 0.1) is 0 Å². The average molecular weight is 200 g/mol. The molecule has 0 spiro atoms. The molecular formula is C10H20N2O2. The topological polar surface area (TPSA) is 55.6 Å². The van der Waals surface area contributed by atoms with E-state index >= 15 is 0 Å². The summed E-state index contributed by atoms with van der Waals surface area (Å²) in [7, 11) is 1.68. The van der Waals surface area contributed by atoms with E-state index in [2.05, 4.69) is 0 Å². The zero-order chi connectivity index (χ0) is 10.4. The molecule has 0 aliphatic carbocycles. The third-order valence-corrected chi connectivity index (χ3v) is 2.66. The highest BCUT2D eigenvalue weighted by atomic mass is 16.5. The van der Waals surface area contributed by atoms with Crippen LogP contribution < -0.4 is 5.73 Å². The number of carbonyl (C=O) groups excluding carboxylic acids is 1. The zero-order valence-electron chi connectivity index (χ0n) is 8.87. The van der Waals surface area contributed by atoms with Gasteiger partial charge < -0.3 is 15.4 Å². The van der Waals surface area contributed by atoms with Crippen LogP contribution in [0.2, 0.25) is 0 Å². The van der Waals surface area contributed by atoms with E-state index in [1.165, 1.54) is 6.42 Å². The van der Waals surface area contributed by atoms with Gasteiger partial charge in [0, 0.05) is 26.6 Å². The first kappa shape index (κ1) is 11.5. The molecule has 0 aromatic rings. The van der Waals surface area contributed by atoms with Crippen LogP contribution >= 0.6 is 0 Å². The van der Waals surface area contributed by atoms with Crippen LogP contribution in [-0.4, -0.2) is 43.7 Å². The van der Waals surface area contributed by atoms with Crippen molar-refractivity contribution in [1.29, 1.82) is 0 Å². The SMILES string of the molecule is COC[C@H]1CCCCN1C(=O)CCN. The first-order chi connectivity index (χ1) is 6.79. The van der Waals surface area contributed by atoms with Gasteiger partial charge in [-0.2, -0.15) is 0 Å². The molecule has 1 heterocycles. The van der Waals surface area contributed by atoms with E-state index in [0.717, 1.165) is 19.4 Å². The lowest BCUT2D eigenvalue weighted by atomic mass is 10.0. The maximum absolute atomic E-state index is 11.7. The molecule has 1 aliphatic heterocycles. The van der Waals surface area contributed by atoms with E-state index in [4.69, 9.17) is 10.5 Å². The molecule has 0 unspecified atom stereocenters. The van der Waals surface area contributed by atoms with Crippen LogP contribution in [0.1, 0.15) is 25.7 Å². The molecule has 1 amide bonds. The molecule has 0 aromatic carbocycles. The van der Waals surface area contributed by atoms with E-state index in [0.29, 0.717) is 19.6 Å². The van der Waals surface area contributed by atoms with Gasteiger partial charge in [-0.15, -0.1) is 0 Å². The van der Waals surface area contributed by atoms with Crippen molar-refractivity contribution in [2.75, 3.05) is 26.8 Å². The van der Waals surface area contributed by atoms with Gasteiger partial charge in [0.15, 0.2) is 0 Å². The fourth-order valence-electron chi connectivity index (χ4n) is 1.96. The number of nitrogens with zero attached hydrogens (tertiary/aromatic N) is 1. The van der Waals surface area contributed by atoms with Crippen molar-refractivity contribution in [2.24, 2.45) is 5.73 Å². The maximum atomic E-state index is 11.7. The lowest BCUT2D eigenvalue weighted by Gasteiger charge is -2.35. The highest BCUT2D eigenvalue weighted by Gasteiger charge is 2.25. The Labute approximate surface area is 85.4 Å². The lowest BCUT2D eigenvalue weighted by molar-refractivity contribution is -0.136. The number of rotatable bonds is 4. The molecule has 1 fully saturated rings. The smallest absolute Gasteiger partial charge is 0.224 e. The number of nitrogens with two attached hydrogens (primary N) is 1. The predicted molar refractivity (Wildman–Crippen MR) is 54.9 cm³/mol. The van der Waals surface area contributed by atoms with Gasteiger partial charge in [0.2, 0.25) is 5.91 Å². The summed E-state index contributed by atoms with van der Waals surface area (Å²) in [5.41, 5.74) is 5.38. The molecule has 4 heteroatoms. The van der Waals surface area contributed by atoms with E-state index < -0.39 is 0 Å². The molecule has 0 saturated carbocycles. The second-order valence-electron chi connectivity index (χ2n) is 3.73. The highest BCUT2D eigenvalue weighted by molar-refractivity contribution is 5.76. The molecule has 0 bridgehead atoms. The van der Waals surface area contributed by atoms with E-state index in [9.17, 15) is 4.79 Å². The Balaban J connectivity index is 2.48. The first-order valence-electron chi connectivity index (χ1n) is 5.28. The summed E-state index contributed by atoms with van der Waals surface area (Å²) in [6, 6.07) is 0.271. The van der Waals surface area contributed by atoms with Crippen molar-refractivity contribution in [2.45, 2.75) is 31.7 Å². The fraction of sp³-hybridized carbons (Fsp3) is 0.900. The second kappa shape index (κ2) is 5.98. The Kier molecular flexibility index (Phi) is 4.90. The summed E-state index contributed by atoms with van der Waals surface area (Å²) >= 11 is 0. The molecule has 82 valence electrons. The molecule has 1 saturated heterocycles. The van der Waals surface area contributed by atoms with Crippen molar-refractivity contribution in [3.05, 3.63) is 0 Å². The summed E-state index contributed by atoms with van der Waals surface area (Å²) in [5, 5.41) is 0. The quantitative estimate of drug-likeness (QED) is 0.713. The van der Waals surface area contributed by atoms with Crippen molar-refractivity contribution >= 4 is 5.91 Å². The van der Waals surface area contributed by atoms with Gasteiger partial charge >= 0.3 is 0 Å². The minimum Gasteiger partial charge on any atom is -0.383 e. The van der Waals surface area contributed by atoms with Crippen LogP contribution in [-0.2, 0) is 9.53 Å². The summed E-state index contributed by atoms with van der Waals surface area (Å²) in [6.07, 6.45) is 3.82. The Hall–Kier alpha value is -0.610. The molecule has 1 rings (SSSR count). The van der Waals surface area contributed by atoms with Gasteiger partial charge in [0.25, 0.3) is 0 Å². The van der Waals surface area contributed by atoms with Crippen molar-refractivity contribution in [1.82, 2.24) is 4.90 Å². The number of hydrogen-bond donors (Lipinski definition) is 1. The van der Waals surface area contributed by atoms with E-state index in [1.54, 1.807) is 7.11 Å². The van der Waals surface area contributed by atoms with Crippen LogP contribution in [0.5, 0.6) is 0 Å². The Morgan fingerprint density at radius 3 is 3.00 bits per heavy atom. The van der Waals surface area contributed by atoms with Gasteiger partial charge in [-0.1, -0.05) is 0 Å². The van der Waals surface area contributed by atoms with Crippen molar-refractivity contribution in [3.63, 3.8) is 0 Å². The highest BCUT2D eigenvalue weighted by Crippen LogP contribution is 2.17. The van der Waals surface area contributed by atoms with Crippen LogP contribution in [0.25, 0.3) is 0 Å². The van der Waals surface area contributed by atoms with E-state index in [-0.39, 0.29) is 11.9 Å². The predicted octanol–water partition coefficient (Wildman–Crippen LogP) is 0.363. The fourth-order valence-corrected chi connectivity index (χ4v) is 1.96. The number of methoxy groups -OCH3 is 1.